The second kappa shape index (κ2) is 7.44. The summed E-state index contributed by atoms with van der Waals surface area (Å²) in [5.74, 6) is 0.142. The molecule has 20 heavy (non-hydrogen) atoms. The average molecular weight is 264 g/mol. The highest BCUT2D eigenvalue weighted by molar-refractivity contribution is 6.11. The van der Waals surface area contributed by atoms with Gasteiger partial charge in [0.05, 0.1) is 0 Å². The number of allylic oxidation sites excluding steroid dienone is 1. The summed E-state index contributed by atoms with van der Waals surface area (Å²) in [5.41, 5.74) is 2.75. The van der Waals surface area contributed by atoms with Crippen LogP contribution in [-0.4, -0.2) is 5.78 Å². The highest BCUT2D eigenvalue weighted by Gasteiger charge is 2.11. The third-order valence-electron chi connectivity index (χ3n) is 3.27. The molecule has 0 radical (unpaired) electrons. The maximum Gasteiger partial charge on any atom is 0.189 e. The number of carbonyl (C=O) groups is 1. The first kappa shape index (κ1) is 14.3. The lowest BCUT2D eigenvalue weighted by atomic mass is 9.97. The van der Waals surface area contributed by atoms with E-state index in [4.69, 9.17) is 0 Å². The van der Waals surface area contributed by atoms with E-state index in [0.29, 0.717) is 0 Å². The van der Waals surface area contributed by atoms with Gasteiger partial charge in [-0.3, -0.25) is 4.79 Å². The zero-order chi connectivity index (χ0) is 14.2. The highest BCUT2D eigenvalue weighted by atomic mass is 16.1. The number of hydrogen-bond acceptors (Lipinski definition) is 1. The minimum Gasteiger partial charge on any atom is -0.289 e. The van der Waals surface area contributed by atoms with E-state index in [1.54, 1.807) is 0 Å². The predicted molar refractivity (Wildman–Crippen MR) is 84.7 cm³/mol. The molecule has 0 aliphatic carbocycles. The van der Waals surface area contributed by atoms with Gasteiger partial charge in [0.25, 0.3) is 0 Å². The number of hydrogen-bond donors (Lipinski definition) is 0. The van der Waals surface area contributed by atoms with Gasteiger partial charge in [-0.1, -0.05) is 74.0 Å². The van der Waals surface area contributed by atoms with E-state index in [-0.39, 0.29) is 5.78 Å². The largest absolute Gasteiger partial charge is 0.289 e. The fourth-order valence-electron chi connectivity index (χ4n) is 2.14. The Morgan fingerprint density at radius 1 is 0.950 bits per heavy atom. The van der Waals surface area contributed by atoms with Gasteiger partial charge >= 0.3 is 0 Å². The maximum atomic E-state index is 12.6. The Morgan fingerprint density at radius 2 is 1.55 bits per heavy atom. The van der Waals surface area contributed by atoms with E-state index in [2.05, 4.69) is 6.92 Å². The third-order valence-corrected chi connectivity index (χ3v) is 3.27. The van der Waals surface area contributed by atoms with E-state index in [9.17, 15) is 4.79 Å². The second-order valence-corrected chi connectivity index (χ2v) is 4.88. The molecule has 0 heterocycles. The zero-order valence-electron chi connectivity index (χ0n) is 11.9. The number of carbonyl (C=O) groups excluding carboxylic acids is 1. The molecule has 0 aliphatic rings. The number of ketones is 1. The number of Topliss-reactive ketones (excluding diaryl/α,β-unsaturated/α-hetero) is 1. The predicted octanol–water partition coefficient (Wildman–Crippen LogP) is 5.14. The molecule has 0 fully saturated rings. The van der Waals surface area contributed by atoms with Crippen molar-refractivity contribution in [1.29, 1.82) is 0 Å². The van der Waals surface area contributed by atoms with Crippen molar-refractivity contribution >= 4 is 11.9 Å². The molecule has 0 spiro atoms. The molecule has 0 aliphatic heterocycles. The van der Waals surface area contributed by atoms with Gasteiger partial charge in [-0.2, -0.15) is 0 Å². The topological polar surface area (TPSA) is 17.1 Å². The van der Waals surface area contributed by atoms with Crippen LogP contribution in [0.1, 0.15) is 42.1 Å². The van der Waals surface area contributed by atoms with Gasteiger partial charge in [-0.25, -0.2) is 0 Å². The maximum absolute atomic E-state index is 12.6. The molecule has 2 aromatic carbocycles. The van der Waals surface area contributed by atoms with Gasteiger partial charge in [0.1, 0.15) is 0 Å². The van der Waals surface area contributed by atoms with Gasteiger partial charge < -0.3 is 0 Å². The standard InChI is InChI=1S/C19H20O/c1-2-3-12-18(15-16-10-6-4-7-11-16)19(20)17-13-8-5-9-14-17/h4-11,13-15H,2-3,12H2,1H3. The Labute approximate surface area is 121 Å². The Hall–Kier alpha value is -2.15. The smallest absolute Gasteiger partial charge is 0.189 e. The minimum atomic E-state index is 0.142. The van der Waals surface area contributed by atoms with Crippen molar-refractivity contribution in [1.82, 2.24) is 0 Å². The molecule has 0 bridgehead atoms. The second-order valence-electron chi connectivity index (χ2n) is 4.88. The molecular formula is C19H20O. The molecule has 2 aromatic rings. The van der Waals surface area contributed by atoms with Gasteiger partial charge in [-0.05, 0) is 24.5 Å². The highest BCUT2D eigenvalue weighted by Crippen LogP contribution is 2.18. The lowest BCUT2D eigenvalue weighted by Crippen LogP contribution is -2.03. The van der Waals surface area contributed by atoms with Gasteiger partial charge in [0.2, 0.25) is 0 Å². The zero-order valence-corrected chi connectivity index (χ0v) is 11.9. The first-order chi connectivity index (χ1) is 9.81. The molecule has 1 nitrogen and oxygen atoms in total. The minimum absolute atomic E-state index is 0.142. The van der Waals surface area contributed by atoms with Crippen molar-refractivity contribution in [3.8, 4) is 0 Å². The molecule has 0 saturated carbocycles. The van der Waals surface area contributed by atoms with Crippen LogP contribution in [0.25, 0.3) is 6.08 Å². The summed E-state index contributed by atoms with van der Waals surface area (Å²) < 4.78 is 0. The van der Waals surface area contributed by atoms with Gasteiger partial charge in [0, 0.05) is 11.1 Å². The summed E-state index contributed by atoms with van der Waals surface area (Å²) in [6.45, 7) is 2.15. The van der Waals surface area contributed by atoms with E-state index in [1.165, 1.54) is 0 Å². The monoisotopic (exact) mass is 264 g/mol. The van der Waals surface area contributed by atoms with E-state index >= 15 is 0 Å². The van der Waals surface area contributed by atoms with Crippen molar-refractivity contribution in [2.45, 2.75) is 26.2 Å². The molecule has 0 aromatic heterocycles. The van der Waals surface area contributed by atoms with Crippen molar-refractivity contribution in [2.24, 2.45) is 0 Å². The summed E-state index contributed by atoms with van der Waals surface area (Å²) >= 11 is 0. The summed E-state index contributed by atoms with van der Waals surface area (Å²) in [6, 6.07) is 19.6. The van der Waals surface area contributed by atoms with Crippen LogP contribution in [0.5, 0.6) is 0 Å². The van der Waals surface area contributed by atoms with E-state index < -0.39 is 0 Å². The lowest BCUT2D eigenvalue weighted by molar-refractivity contribution is 0.103. The van der Waals surface area contributed by atoms with Crippen molar-refractivity contribution in [3.05, 3.63) is 77.4 Å². The molecular weight excluding hydrogens is 244 g/mol. The summed E-state index contributed by atoms with van der Waals surface area (Å²) in [4.78, 5) is 12.6. The van der Waals surface area contributed by atoms with Crippen LogP contribution in [0.2, 0.25) is 0 Å². The molecule has 0 N–H and O–H groups in total. The van der Waals surface area contributed by atoms with Crippen molar-refractivity contribution in [3.63, 3.8) is 0 Å². The Kier molecular flexibility index (Phi) is 5.31. The van der Waals surface area contributed by atoms with E-state index in [1.807, 2.05) is 66.7 Å². The fraction of sp³-hybridized carbons (Fsp3) is 0.211. The normalized spacial score (nSPS) is 11.3. The van der Waals surface area contributed by atoms with Crippen LogP contribution >= 0.6 is 0 Å². The van der Waals surface area contributed by atoms with Gasteiger partial charge in [0.15, 0.2) is 5.78 Å². The molecule has 0 unspecified atom stereocenters. The van der Waals surface area contributed by atoms with Gasteiger partial charge in [-0.15, -0.1) is 0 Å². The number of benzene rings is 2. The quantitative estimate of drug-likeness (QED) is 0.521. The molecule has 102 valence electrons. The van der Waals surface area contributed by atoms with E-state index in [0.717, 1.165) is 36.0 Å². The van der Waals surface area contributed by atoms with Crippen molar-refractivity contribution < 1.29 is 4.79 Å². The third kappa shape index (κ3) is 3.92. The molecule has 0 atom stereocenters. The average Bonchev–Trinajstić information content (AvgIpc) is 2.52. The fourth-order valence-corrected chi connectivity index (χ4v) is 2.14. The van der Waals surface area contributed by atoms with Crippen LogP contribution in [0, 0.1) is 0 Å². The Bertz CT molecular complexity index is 567. The first-order valence-electron chi connectivity index (χ1n) is 7.16. The Morgan fingerprint density at radius 3 is 2.15 bits per heavy atom. The summed E-state index contributed by atoms with van der Waals surface area (Å²) in [7, 11) is 0. The number of rotatable bonds is 6. The van der Waals surface area contributed by atoms with Crippen LogP contribution in [-0.2, 0) is 0 Å². The van der Waals surface area contributed by atoms with Crippen molar-refractivity contribution in [2.75, 3.05) is 0 Å². The molecule has 0 saturated heterocycles. The molecule has 2 rings (SSSR count). The Balaban J connectivity index is 2.28. The summed E-state index contributed by atoms with van der Waals surface area (Å²) in [5, 5.41) is 0. The SMILES string of the molecule is CCCCC(=Cc1ccccc1)C(=O)c1ccccc1. The van der Waals surface area contributed by atoms with Crippen LogP contribution < -0.4 is 0 Å². The van der Waals surface area contributed by atoms with Crippen LogP contribution in [0.3, 0.4) is 0 Å². The number of unbranched alkanes of at least 4 members (excludes halogenated alkanes) is 1. The summed E-state index contributed by atoms with van der Waals surface area (Å²) in [6.07, 6.45) is 4.98. The van der Waals surface area contributed by atoms with Crippen LogP contribution in [0.15, 0.2) is 66.2 Å². The molecule has 1 heteroatoms. The van der Waals surface area contributed by atoms with Crippen LogP contribution in [0.4, 0.5) is 0 Å². The lowest BCUT2D eigenvalue weighted by Gasteiger charge is -2.07. The molecule has 0 amide bonds. The first-order valence-corrected chi connectivity index (χ1v) is 7.16.